The number of nitrogens with one attached hydrogen (secondary N) is 1. The summed E-state index contributed by atoms with van der Waals surface area (Å²) in [5.41, 5.74) is -2.82. The highest BCUT2D eigenvalue weighted by Crippen LogP contribution is 2.55. The molecule has 34 heavy (non-hydrogen) atoms. The van der Waals surface area contributed by atoms with E-state index in [1.165, 1.54) is 12.3 Å². The van der Waals surface area contributed by atoms with Gasteiger partial charge in [0.2, 0.25) is 5.82 Å². The third kappa shape index (κ3) is 4.72. The molecule has 1 aromatic carbocycles. The van der Waals surface area contributed by atoms with Crippen molar-refractivity contribution in [2.45, 2.75) is 51.2 Å². The minimum Gasteiger partial charge on any atom is -0.431 e. The highest BCUT2D eigenvalue weighted by Gasteiger charge is 2.66. The monoisotopic (exact) mass is 558 g/mol. The molecule has 13 heteroatoms. The van der Waals surface area contributed by atoms with Crippen molar-refractivity contribution in [3.05, 3.63) is 51.8 Å². The average Bonchev–Trinajstić information content (AvgIpc) is 3.00. The minimum absolute atomic E-state index is 0.192. The fourth-order valence-electron chi connectivity index (χ4n) is 3.88. The number of alkyl halides is 5. The largest absolute Gasteiger partial charge is 0.431 e. The second kappa shape index (κ2) is 9.33. The number of carbonyl (C=O) groups is 1. The van der Waals surface area contributed by atoms with Gasteiger partial charge >= 0.3 is 12.8 Å². The van der Waals surface area contributed by atoms with Crippen LogP contribution in [0.4, 0.5) is 36.4 Å². The Balaban J connectivity index is 2.13. The zero-order valence-corrected chi connectivity index (χ0v) is 19.4. The van der Waals surface area contributed by atoms with E-state index in [0.29, 0.717) is 23.2 Å². The summed E-state index contributed by atoms with van der Waals surface area (Å²) in [6.45, 7) is -0.257. The number of halogens is 8. The Morgan fingerprint density at radius 2 is 1.94 bits per heavy atom. The topological polar surface area (TPSA) is 60.5 Å². The molecule has 0 spiro atoms. The van der Waals surface area contributed by atoms with Gasteiger partial charge in [-0.05, 0) is 47.5 Å². The van der Waals surface area contributed by atoms with Crippen molar-refractivity contribution in [1.29, 1.82) is 0 Å². The second-order valence-corrected chi connectivity index (χ2v) is 8.74. The first-order chi connectivity index (χ1) is 15.7. The number of benzene rings is 1. The third-order valence-electron chi connectivity index (χ3n) is 5.90. The fourth-order valence-corrected chi connectivity index (χ4v) is 4.21. The van der Waals surface area contributed by atoms with Gasteiger partial charge in [-0.3, -0.25) is 4.79 Å². The van der Waals surface area contributed by atoms with Gasteiger partial charge in [-0.2, -0.15) is 26.3 Å². The summed E-state index contributed by atoms with van der Waals surface area (Å²) < 4.78 is 106. The molecule has 186 valence electrons. The third-order valence-corrected chi connectivity index (χ3v) is 6.33. The number of rotatable bonds is 5. The molecule has 1 aliphatic rings. The number of aryl methyl sites for hydroxylation is 1. The average molecular weight is 559 g/mol. The fraction of sp³-hybridized carbons (Fsp3) is 0.429. The molecule has 2 heterocycles. The summed E-state index contributed by atoms with van der Waals surface area (Å²) in [4.78, 5) is 17.1. The first-order valence-corrected chi connectivity index (χ1v) is 10.6. The maximum absolute atomic E-state index is 14.4. The van der Waals surface area contributed by atoms with Gasteiger partial charge in [-0.1, -0.05) is 13.0 Å². The molecule has 1 saturated heterocycles. The van der Waals surface area contributed by atoms with Gasteiger partial charge in [0.25, 0.3) is 5.91 Å². The number of hydrogen-bond acceptors (Lipinski definition) is 4. The van der Waals surface area contributed by atoms with Crippen LogP contribution in [0.15, 0.2) is 29.0 Å². The lowest BCUT2D eigenvalue weighted by Crippen LogP contribution is -2.47. The standard InChI is InChI=1S/C21H18BrF7N2O3/c1-8-7-30-13(22)6-12(8)31-18(32)17-14(9(2)20(3,34-17)21(27,28)29)10-4-5-11(23)15(24)16(10)33-19(25)26/h4-7,9,14,17,19H,1-3H3,(H,30,31,32)/t9-,14?,17?,20+/m0/s1. The Hall–Kier alpha value is -2.41. The first-order valence-electron chi connectivity index (χ1n) is 9.77. The van der Waals surface area contributed by atoms with Crippen LogP contribution < -0.4 is 10.1 Å². The molecular weight excluding hydrogens is 541 g/mol. The van der Waals surface area contributed by atoms with Crippen LogP contribution in [-0.2, 0) is 9.53 Å². The van der Waals surface area contributed by atoms with Crippen LogP contribution in [0.1, 0.15) is 30.9 Å². The van der Waals surface area contributed by atoms with Crippen molar-refractivity contribution in [3.8, 4) is 5.75 Å². The van der Waals surface area contributed by atoms with Crippen LogP contribution in [0.25, 0.3) is 0 Å². The molecule has 5 nitrogen and oxygen atoms in total. The smallest absolute Gasteiger partial charge is 0.417 e. The molecule has 0 aliphatic carbocycles. The van der Waals surface area contributed by atoms with Crippen LogP contribution in [-0.4, -0.2) is 35.4 Å². The van der Waals surface area contributed by atoms with E-state index < -0.39 is 65.2 Å². The number of carbonyl (C=O) groups excluding carboxylic acids is 1. The number of ether oxygens (including phenoxy) is 2. The predicted molar refractivity (Wildman–Crippen MR) is 110 cm³/mol. The summed E-state index contributed by atoms with van der Waals surface area (Å²) in [6, 6.07) is 2.75. The van der Waals surface area contributed by atoms with Crippen LogP contribution in [0.2, 0.25) is 0 Å². The number of amides is 1. The minimum atomic E-state index is -4.99. The van der Waals surface area contributed by atoms with Crippen LogP contribution in [0, 0.1) is 24.5 Å². The number of anilines is 1. The zero-order valence-electron chi connectivity index (χ0n) is 17.8. The van der Waals surface area contributed by atoms with E-state index in [-0.39, 0.29) is 5.69 Å². The summed E-state index contributed by atoms with van der Waals surface area (Å²) in [5, 5.41) is 2.43. The highest BCUT2D eigenvalue weighted by atomic mass is 79.9. The van der Waals surface area contributed by atoms with Crippen molar-refractivity contribution in [2.75, 3.05) is 5.32 Å². The SMILES string of the molecule is Cc1cnc(Br)cc1NC(=O)C1O[C@@](C)(C(F)(F)F)[C@@H](C)C1c1ccc(F)c(F)c1OC(F)F. The Morgan fingerprint density at radius 3 is 2.53 bits per heavy atom. The van der Waals surface area contributed by atoms with Gasteiger partial charge in [0.05, 0.1) is 0 Å². The quantitative estimate of drug-likeness (QED) is 0.355. The molecule has 3 rings (SSSR count). The van der Waals surface area contributed by atoms with Crippen LogP contribution in [0.5, 0.6) is 5.75 Å². The highest BCUT2D eigenvalue weighted by molar-refractivity contribution is 9.10. The number of pyridine rings is 1. The molecule has 0 bridgehead atoms. The van der Waals surface area contributed by atoms with Crippen LogP contribution in [0.3, 0.4) is 0 Å². The first kappa shape index (κ1) is 26.2. The summed E-state index contributed by atoms with van der Waals surface area (Å²) in [5.74, 6) is -8.93. The predicted octanol–water partition coefficient (Wildman–Crippen LogP) is 6.11. The molecule has 1 amide bonds. The van der Waals surface area contributed by atoms with Gasteiger partial charge in [0, 0.05) is 29.3 Å². The Labute approximate surface area is 197 Å². The molecular formula is C21H18BrF7N2O3. The van der Waals surface area contributed by atoms with Gasteiger partial charge in [-0.15, -0.1) is 0 Å². The maximum Gasteiger partial charge on any atom is 0.417 e. The van der Waals surface area contributed by atoms with Gasteiger partial charge in [0.15, 0.2) is 17.2 Å². The Kier molecular flexibility index (Phi) is 7.19. The van der Waals surface area contributed by atoms with Crippen LogP contribution >= 0.6 is 15.9 Å². The Bertz CT molecular complexity index is 1100. The molecule has 4 atom stereocenters. The zero-order chi connectivity index (χ0) is 25.6. The number of aromatic nitrogens is 1. The van der Waals surface area contributed by atoms with Crippen molar-refractivity contribution in [2.24, 2.45) is 5.92 Å². The normalized spacial score (nSPS) is 25.0. The molecule has 1 aliphatic heterocycles. The lowest BCUT2D eigenvalue weighted by atomic mass is 9.77. The summed E-state index contributed by atoms with van der Waals surface area (Å²) in [6.07, 6.45) is -5.52. The molecule has 1 aromatic heterocycles. The summed E-state index contributed by atoms with van der Waals surface area (Å²) >= 11 is 3.11. The second-order valence-electron chi connectivity index (χ2n) is 7.93. The van der Waals surface area contributed by atoms with Gasteiger partial charge in [0.1, 0.15) is 10.7 Å². The lowest BCUT2D eigenvalue weighted by molar-refractivity contribution is -0.272. The van der Waals surface area contributed by atoms with Gasteiger partial charge < -0.3 is 14.8 Å². The molecule has 2 unspecified atom stereocenters. The van der Waals surface area contributed by atoms with E-state index in [4.69, 9.17) is 4.74 Å². The lowest BCUT2D eigenvalue weighted by Gasteiger charge is -2.32. The number of hydrogen-bond donors (Lipinski definition) is 1. The Morgan fingerprint density at radius 1 is 1.29 bits per heavy atom. The van der Waals surface area contributed by atoms with E-state index in [9.17, 15) is 35.5 Å². The van der Waals surface area contributed by atoms with E-state index in [0.717, 1.165) is 13.0 Å². The van der Waals surface area contributed by atoms with Crippen molar-refractivity contribution >= 4 is 27.5 Å². The molecule has 0 saturated carbocycles. The van der Waals surface area contributed by atoms with E-state index in [1.54, 1.807) is 6.92 Å². The van der Waals surface area contributed by atoms with E-state index in [1.807, 2.05) is 0 Å². The molecule has 2 aromatic rings. The van der Waals surface area contributed by atoms with E-state index in [2.05, 4.69) is 31.0 Å². The molecule has 1 fully saturated rings. The van der Waals surface area contributed by atoms with Crippen molar-refractivity contribution in [1.82, 2.24) is 4.98 Å². The molecule has 0 radical (unpaired) electrons. The number of nitrogens with zero attached hydrogens (tertiary/aromatic N) is 1. The van der Waals surface area contributed by atoms with Gasteiger partial charge in [-0.25, -0.2) is 9.37 Å². The summed E-state index contributed by atoms with van der Waals surface area (Å²) in [7, 11) is 0. The maximum atomic E-state index is 14.4. The van der Waals surface area contributed by atoms with Crippen molar-refractivity contribution in [3.63, 3.8) is 0 Å². The molecule has 1 N–H and O–H groups in total. The van der Waals surface area contributed by atoms with E-state index >= 15 is 0 Å². The van der Waals surface area contributed by atoms with Crippen molar-refractivity contribution < 1.29 is 45.0 Å².